The number of amides is 1. The van der Waals surface area contributed by atoms with E-state index in [1.165, 1.54) is 37.1 Å². The highest BCUT2D eigenvalue weighted by atomic mass is 19.4. The van der Waals surface area contributed by atoms with Crippen molar-refractivity contribution in [1.29, 1.82) is 0 Å². The maximum absolute atomic E-state index is 13.3. The fraction of sp³-hybridized carbons (Fsp3) is 0.421. The first-order valence-corrected chi connectivity index (χ1v) is 8.98. The summed E-state index contributed by atoms with van der Waals surface area (Å²) >= 11 is 0. The molecule has 148 valence electrons. The van der Waals surface area contributed by atoms with Crippen LogP contribution in [0.3, 0.4) is 0 Å². The van der Waals surface area contributed by atoms with E-state index in [4.69, 9.17) is 5.11 Å². The molecule has 0 atom stereocenters. The van der Waals surface area contributed by atoms with Crippen molar-refractivity contribution in [2.24, 2.45) is 11.3 Å². The molecule has 2 aliphatic carbocycles. The van der Waals surface area contributed by atoms with Gasteiger partial charge < -0.3 is 10.4 Å². The molecule has 1 aromatic heterocycles. The Labute approximate surface area is 158 Å². The monoisotopic (exact) mass is 393 g/mol. The summed E-state index contributed by atoms with van der Waals surface area (Å²) in [4.78, 5) is 23.4. The van der Waals surface area contributed by atoms with Crippen LogP contribution in [-0.4, -0.2) is 33.3 Å². The number of halogens is 3. The van der Waals surface area contributed by atoms with E-state index >= 15 is 0 Å². The number of carbonyl (C=O) groups excluding carboxylic acids is 1. The van der Waals surface area contributed by atoms with Crippen LogP contribution in [0.5, 0.6) is 0 Å². The zero-order valence-corrected chi connectivity index (χ0v) is 14.8. The third kappa shape index (κ3) is 3.36. The second-order valence-corrected chi connectivity index (χ2v) is 7.49. The maximum atomic E-state index is 13.3. The van der Waals surface area contributed by atoms with Crippen molar-refractivity contribution in [3.05, 3.63) is 47.3 Å². The lowest BCUT2D eigenvalue weighted by atomic mass is 10.0. The van der Waals surface area contributed by atoms with E-state index < -0.39 is 23.4 Å². The lowest BCUT2D eigenvalue weighted by Crippen LogP contribution is -2.31. The van der Waals surface area contributed by atoms with Gasteiger partial charge in [0.1, 0.15) is 5.56 Å². The average Bonchev–Trinajstić information content (AvgIpc) is 3.55. The van der Waals surface area contributed by atoms with Crippen LogP contribution in [-0.2, 0) is 6.18 Å². The Balaban J connectivity index is 1.52. The minimum absolute atomic E-state index is 0.0213. The van der Waals surface area contributed by atoms with Crippen molar-refractivity contribution in [2.75, 3.05) is 6.54 Å². The van der Waals surface area contributed by atoms with Gasteiger partial charge in [-0.25, -0.2) is 9.48 Å². The Kier molecular flexibility index (Phi) is 4.20. The van der Waals surface area contributed by atoms with Crippen LogP contribution < -0.4 is 5.32 Å². The highest BCUT2D eigenvalue weighted by Crippen LogP contribution is 2.60. The second-order valence-electron chi connectivity index (χ2n) is 7.49. The number of aromatic carboxylic acids is 1. The summed E-state index contributed by atoms with van der Waals surface area (Å²) in [6.07, 6.45) is 0.466. The number of benzene rings is 1. The highest BCUT2D eigenvalue weighted by molar-refractivity contribution is 5.94. The van der Waals surface area contributed by atoms with E-state index in [1.54, 1.807) is 0 Å². The Morgan fingerprint density at radius 1 is 1.21 bits per heavy atom. The first-order chi connectivity index (χ1) is 13.2. The van der Waals surface area contributed by atoms with Crippen LogP contribution in [0.1, 0.15) is 52.1 Å². The van der Waals surface area contributed by atoms with Gasteiger partial charge in [-0.2, -0.15) is 18.3 Å². The van der Waals surface area contributed by atoms with Gasteiger partial charge in [0.15, 0.2) is 5.69 Å². The smallest absolute Gasteiger partial charge is 0.434 e. The number of carboxylic acid groups (broad SMARTS) is 1. The molecular formula is C19H18F3N3O3. The van der Waals surface area contributed by atoms with Gasteiger partial charge in [0.2, 0.25) is 0 Å². The molecular weight excluding hydrogens is 375 g/mol. The van der Waals surface area contributed by atoms with Crippen molar-refractivity contribution in [2.45, 2.75) is 31.9 Å². The summed E-state index contributed by atoms with van der Waals surface area (Å²) in [5.41, 5.74) is -1.69. The molecule has 1 heterocycles. The van der Waals surface area contributed by atoms with Crippen LogP contribution >= 0.6 is 0 Å². The van der Waals surface area contributed by atoms with E-state index in [9.17, 15) is 22.8 Å². The fourth-order valence-electron chi connectivity index (χ4n) is 3.67. The molecule has 2 N–H and O–H groups in total. The van der Waals surface area contributed by atoms with E-state index in [-0.39, 0.29) is 17.0 Å². The summed E-state index contributed by atoms with van der Waals surface area (Å²) in [5.74, 6) is -1.28. The number of carbonyl (C=O) groups is 2. The molecule has 0 aliphatic heterocycles. The lowest BCUT2D eigenvalue weighted by molar-refractivity contribution is -0.143. The average molecular weight is 393 g/mol. The van der Waals surface area contributed by atoms with E-state index in [1.807, 2.05) is 0 Å². The first kappa shape index (κ1) is 18.5. The zero-order chi connectivity index (χ0) is 20.1. The Hall–Kier alpha value is -2.84. The first-order valence-electron chi connectivity index (χ1n) is 8.98. The quantitative estimate of drug-likeness (QED) is 0.787. The lowest BCUT2D eigenvalue weighted by Gasteiger charge is -2.15. The molecule has 2 aromatic rings. The third-order valence-electron chi connectivity index (χ3n) is 5.58. The largest absolute Gasteiger partial charge is 0.478 e. The predicted octanol–water partition coefficient (Wildman–Crippen LogP) is 3.51. The Morgan fingerprint density at radius 2 is 1.86 bits per heavy atom. The fourth-order valence-corrected chi connectivity index (χ4v) is 3.67. The maximum Gasteiger partial charge on any atom is 0.434 e. The molecule has 0 spiro atoms. The van der Waals surface area contributed by atoms with E-state index in [2.05, 4.69) is 10.4 Å². The molecule has 0 bridgehead atoms. The molecule has 2 saturated carbocycles. The summed E-state index contributed by atoms with van der Waals surface area (Å²) in [7, 11) is 0. The van der Waals surface area contributed by atoms with Crippen molar-refractivity contribution in [3.8, 4) is 5.69 Å². The number of hydrogen-bond acceptors (Lipinski definition) is 3. The standard InChI is InChI=1S/C19H18F3N3O3/c20-19(21,22)15-14(17(27)28)9-24-25(15)13-5-1-11(2-6-13)16(26)23-10-18(7-8-18)12-3-4-12/h1-2,5-6,9,12H,3-4,7-8,10H2,(H,23,26)(H,27,28). The molecule has 2 fully saturated rings. The van der Waals surface area contributed by atoms with E-state index in [0.717, 1.165) is 12.8 Å². The molecule has 0 saturated heterocycles. The Morgan fingerprint density at radius 3 is 2.36 bits per heavy atom. The number of nitrogens with one attached hydrogen (secondary N) is 1. The van der Waals surface area contributed by atoms with Gasteiger partial charge in [-0.05, 0) is 61.3 Å². The number of hydrogen-bond donors (Lipinski definition) is 2. The number of alkyl halides is 3. The topological polar surface area (TPSA) is 84.2 Å². The van der Waals surface area contributed by atoms with Crippen molar-refractivity contribution in [1.82, 2.24) is 15.1 Å². The second kappa shape index (κ2) is 6.35. The van der Waals surface area contributed by atoms with Gasteiger partial charge in [0.05, 0.1) is 11.9 Å². The molecule has 2 aliphatic rings. The zero-order valence-electron chi connectivity index (χ0n) is 14.8. The molecule has 6 nitrogen and oxygen atoms in total. The van der Waals surface area contributed by atoms with Gasteiger partial charge >= 0.3 is 12.1 Å². The Bertz CT molecular complexity index is 926. The molecule has 0 unspecified atom stereocenters. The minimum Gasteiger partial charge on any atom is -0.478 e. The molecule has 4 rings (SSSR count). The van der Waals surface area contributed by atoms with Crippen LogP contribution in [0.4, 0.5) is 13.2 Å². The van der Waals surface area contributed by atoms with Crippen molar-refractivity contribution >= 4 is 11.9 Å². The number of carboxylic acids is 1. The van der Waals surface area contributed by atoms with E-state index in [0.29, 0.717) is 28.9 Å². The third-order valence-corrected chi connectivity index (χ3v) is 5.58. The normalized spacial score (nSPS) is 18.0. The summed E-state index contributed by atoms with van der Waals surface area (Å²) in [6, 6.07) is 5.44. The van der Waals surface area contributed by atoms with Gasteiger partial charge in [0.25, 0.3) is 5.91 Å². The molecule has 9 heteroatoms. The van der Waals surface area contributed by atoms with Crippen LogP contribution in [0.25, 0.3) is 5.69 Å². The molecule has 1 aromatic carbocycles. The van der Waals surface area contributed by atoms with Gasteiger partial charge in [-0.15, -0.1) is 0 Å². The van der Waals surface area contributed by atoms with Crippen molar-refractivity contribution < 1.29 is 27.9 Å². The SMILES string of the molecule is O=C(NCC1(C2CC2)CC1)c1ccc(-n2ncc(C(=O)O)c2C(F)(F)F)cc1. The van der Waals surface area contributed by atoms with Gasteiger partial charge in [-0.3, -0.25) is 4.79 Å². The minimum atomic E-state index is -4.89. The van der Waals surface area contributed by atoms with Crippen LogP contribution in [0, 0.1) is 11.3 Å². The summed E-state index contributed by atoms with van der Waals surface area (Å²) in [5, 5.41) is 15.5. The molecule has 28 heavy (non-hydrogen) atoms. The van der Waals surface area contributed by atoms with Crippen LogP contribution in [0.2, 0.25) is 0 Å². The highest BCUT2D eigenvalue weighted by Gasteiger charge is 2.53. The van der Waals surface area contributed by atoms with Crippen molar-refractivity contribution in [3.63, 3.8) is 0 Å². The van der Waals surface area contributed by atoms with Gasteiger partial charge in [0, 0.05) is 12.1 Å². The molecule has 0 radical (unpaired) electrons. The van der Waals surface area contributed by atoms with Gasteiger partial charge in [-0.1, -0.05) is 0 Å². The number of nitrogens with zero attached hydrogens (tertiary/aromatic N) is 2. The predicted molar refractivity (Wildman–Crippen MR) is 92.2 cm³/mol. The summed E-state index contributed by atoms with van der Waals surface area (Å²) in [6.45, 7) is 0.623. The number of rotatable bonds is 6. The summed E-state index contributed by atoms with van der Waals surface area (Å²) < 4.78 is 40.4. The van der Waals surface area contributed by atoms with Crippen LogP contribution in [0.15, 0.2) is 30.5 Å². The molecule has 1 amide bonds. The number of aromatic nitrogens is 2.